The predicted octanol–water partition coefficient (Wildman–Crippen LogP) is 3.17. The first-order valence-corrected chi connectivity index (χ1v) is 7.92. The van der Waals surface area contributed by atoms with Crippen molar-refractivity contribution in [3.8, 4) is 0 Å². The summed E-state index contributed by atoms with van der Waals surface area (Å²) >= 11 is 0. The van der Waals surface area contributed by atoms with Crippen LogP contribution in [0.1, 0.15) is 68.8 Å². The van der Waals surface area contributed by atoms with Crippen LogP contribution in [0.4, 0.5) is 0 Å². The number of carbonyl (C=O) groups is 2. The second-order valence-corrected chi connectivity index (χ2v) is 5.24. The standard InChI is InChI=1S/C16H26N2O4/c1-4-6-7-8-9-15(19)18(10-5-2)11-14-17-13(12-22-14)16(20)21-3/h12H,4-11H2,1-3H3. The minimum atomic E-state index is -0.539. The number of ether oxygens (including phenoxy) is 1. The van der Waals surface area contributed by atoms with Gasteiger partial charge in [0.05, 0.1) is 13.7 Å². The van der Waals surface area contributed by atoms with Gasteiger partial charge in [-0.05, 0) is 12.8 Å². The molecule has 0 saturated heterocycles. The summed E-state index contributed by atoms with van der Waals surface area (Å²) in [5.74, 6) is -0.0746. The van der Waals surface area contributed by atoms with Crippen LogP contribution < -0.4 is 0 Å². The van der Waals surface area contributed by atoms with Gasteiger partial charge in [-0.2, -0.15) is 0 Å². The molecule has 0 atom stereocenters. The average molecular weight is 310 g/mol. The molecule has 0 saturated carbocycles. The number of esters is 1. The van der Waals surface area contributed by atoms with Crippen molar-refractivity contribution in [1.82, 2.24) is 9.88 Å². The lowest BCUT2D eigenvalue weighted by molar-refractivity contribution is -0.132. The Morgan fingerprint density at radius 3 is 2.64 bits per heavy atom. The van der Waals surface area contributed by atoms with Gasteiger partial charge in [0, 0.05) is 13.0 Å². The largest absolute Gasteiger partial charge is 0.464 e. The highest BCUT2D eigenvalue weighted by atomic mass is 16.5. The maximum atomic E-state index is 12.3. The van der Waals surface area contributed by atoms with Crippen molar-refractivity contribution in [2.75, 3.05) is 13.7 Å². The fourth-order valence-electron chi connectivity index (χ4n) is 2.17. The van der Waals surface area contributed by atoms with E-state index in [2.05, 4.69) is 16.6 Å². The molecule has 0 aromatic carbocycles. The number of rotatable bonds is 10. The number of oxazole rings is 1. The Hall–Kier alpha value is -1.85. The lowest BCUT2D eigenvalue weighted by Crippen LogP contribution is -2.31. The van der Waals surface area contributed by atoms with E-state index in [1.54, 1.807) is 4.90 Å². The van der Waals surface area contributed by atoms with Gasteiger partial charge in [0.2, 0.25) is 11.8 Å². The molecule has 0 aliphatic rings. The molecule has 22 heavy (non-hydrogen) atoms. The molecule has 0 N–H and O–H groups in total. The quantitative estimate of drug-likeness (QED) is 0.490. The summed E-state index contributed by atoms with van der Waals surface area (Å²) in [5, 5.41) is 0. The number of methoxy groups -OCH3 is 1. The molecular weight excluding hydrogens is 284 g/mol. The normalized spacial score (nSPS) is 10.5. The van der Waals surface area contributed by atoms with Crippen molar-refractivity contribution in [2.45, 2.75) is 58.9 Å². The molecule has 0 spiro atoms. The van der Waals surface area contributed by atoms with Crippen molar-refractivity contribution < 1.29 is 18.7 Å². The Labute approximate surface area is 131 Å². The van der Waals surface area contributed by atoms with Crippen molar-refractivity contribution in [3.05, 3.63) is 17.8 Å². The van der Waals surface area contributed by atoms with Gasteiger partial charge >= 0.3 is 5.97 Å². The van der Waals surface area contributed by atoms with E-state index in [1.807, 2.05) is 6.92 Å². The highest BCUT2D eigenvalue weighted by Crippen LogP contribution is 2.11. The van der Waals surface area contributed by atoms with Gasteiger partial charge in [0.1, 0.15) is 6.26 Å². The molecular formula is C16H26N2O4. The summed E-state index contributed by atoms with van der Waals surface area (Å²) in [6, 6.07) is 0. The zero-order chi connectivity index (χ0) is 16.4. The lowest BCUT2D eigenvalue weighted by Gasteiger charge is -2.20. The molecule has 6 nitrogen and oxygen atoms in total. The molecule has 0 fully saturated rings. The van der Waals surface area contributed by atoms with Crippen LogP contribution in [0.25, 0.3) is 0 Å². The highest BCUT2D eigenvalue weighted by Gasteiger charge is 2.18. The Balaban J connectivity index is 2.57. The van der Waals surface area contributed by atoms with Gasteiger partial charge in [-0.25, -0.2) is 9.78 Å². The molecule has 1 aromatic heterocycles. The lowest BCUT2D eigenvalue weighted by atomic mass is 10.1. The Morgan fingerprint density at radius 1 is 1.23 bits per heavy atom. The van der Waals surface area contributed by atoms with Crippen LogP contribution in [0.2, 0.25) is 0 Å². The summed E-state index contributed by atoms with van der Waals surface area (Å²) in [5.41, 5.74) is 0.129. The van der Waals surface area contributed by atoms with Crippen molar-refractivity contribution >= 4 is 11.9 Å². The molecule has 1 rings (SSSR count). The molecule has 0 bridgehead atoms. The number of hydrogen-bond donors (Lipinski definition) is 0. The van der Waals surface area contributed by atoms with Crippen LogP contribution in [0.5, 0.6) is 0 Å². The van der Waals surface area contributed by atoms with E-state index in [9.17, 15) is 9.59 Å². The van der Waals surface area contributed by atoms with Crippen LogP contribution in [-0.4, -0.2) is 35.4 Å². The van der Waals surface area contributed by atoms with E-state index >= 15 is 0 Å². The first-order valence-electron chi connectivity index (χ1n) is 7.92. The highest BCUT2D eigenvalue weighted by molar-refractivity contribution is 5.86. The van der Waals surface area contributed by atoms with E-state index in [1.165, 1.54) is 13.4 Å². The third kappa shape index (κ3) is 5.87. The Bertz CT molecular complexity index is 470. The van der Waals surface area contributed by atoms with Gasteiger partial charge in [0.25, 0.3) is 0 Å². The molecule has 1 heterocycles. The van der Waals surface area contributed by atoms with Gasteiger partial charge in [-0.3, -0.25) is 4.79 Å². The van der Waals surface area contributed by atoms with Crippen LogP contribution in [-0.2, 0) is 16.1 Å². The average Bonchev–Trinajstić information content (AvgIpc) is 2.98. The van der Waals surface area contributed by atoms with Crippen LogP contribution >= 0.6 is 0 Å². The summed E-state index contributed by atoms with van der Waals surface area (Å²) in [4.78, 5) is 29.4. The van der Waals surface area contributed by atoms with E-state index in [-0.39, 0.29) is 18.1 Å². The first kappa shape index (κ1) is 18.2. The summed E-state index contributed by atoms with van der Waals surface area (Å²) in [6.07, 6.45) is 6.97. The Kier molecular flexibility index (Phi) is 8.25. The van der Waals surface area contributed by atoms with Crippen LogP contribution in [0.3, 0.4) is 0 Å². The molecule has 0 aliphatic carbocycles. The smallest absolute Gasteiger partial charge is 0.360 e. The third-order valence-electron chi connectivity index (χ3n) is 3.36. The number of amides is 1. The SMILES string of the molecule is CCCCCCC(=O)N(CCC)Cc1nc(C(=O)OC)co1. The number of nitrogens with zero attached hydrogens (tertiary/aromatic N) is 2. The Morgan fingerprint density at radius 2 is 2.00 bits per heavy atom. The van der Waals surface area contributed by atoms with E-state index in [0.29, 0.717) is 18.9 Å². The van der Waals surface area contributed by atoms with Gasteiger partial charge in [0.15, 0.2) is 5.69 Å². The number of aromatic nitrogens is 1. The maximum absolute atomic E-state index is 12.3. The molecule has 0 unspecified atom stereocenters. The number of unbranched alkanes of at least 4 members (excludes halogenated alkanes) is 3. The van der Waals surface area contributed by atoms with Gasteiger partial charge in [-0.1, -0.05) is 33.1 Å². The second kappa shape index (κ2) is 9.97. The van der Waals surface area contributed by atoms with E-state index in [4.69, 9.17) is 4.42 Å². The predicted molar refractivity (Wildman–Crippen MR) is 82.3 cm³/mol. The van der Waals surface area contributed by atoms with Crippen molar-refractivity contribution in [1.29, 1.82) is 0 Å². The number of carbonyl (C=O) groups excluding carboxylic acids is 2. The fraction of sp³-hybridized carbons (Fsp3) is 0.688. The first-order chi connectivity index (χ1) is 10.6. The summed E-state index contributed by atoms with van der Waals surface area (Å²) in [7, 11) is 1.29. The van der Waals surface area contributed by atoms with Crippen molar-refractivity contribution in [3.63, 3.8) is 0 Å². The number of hydrogen-bond acceptors (Lipinski definition) is 5. The molecule has 1 aromatic rings. The molecule has 124 valence electrons. The van der Waals surface area contributed by atoms with Gasteiger partial charge in [-0.15, -0.1) is 0 Å². The monoisotopic (exact) mass is 310 g/mol. The molecule has 0 radical (unpaired) electrons. The van der Waals surface area contributed by atoms with E-state index in [0.717, 1.165) is 32.1 Å². The van der Waals surface area contributed by atoms with Crippen LogP contribution in [0.15, 0.2) is 10.7 Å². The minimum absolute atomic E-state index is 0.107. The zero-order valence-corrected chi connectivity index (χ0v) is 13.8. The molecule has 6 heteroatoms. The summed E-state index contributed by atoms with van der Waals surface area (Å²) < 4.78 is 9.84. The molecule has 0 aliphatic heterocycles. The maximum Gasteiger partial charge on any atom is 0.360 e. The summed E-state index contributed by atoms with van der Waals surface area (Å²) in [6.45, 7) is 5.11. The van der Waals surface area contributed by atoms with Crippen molar-refractivity contribution in [2.24, 2.45) is 0 Å². The van der Waals surface area contributed by atoms with E-state index < -0.39 is 5.97 Å². The fourth-order valence-corrected chi connectivity index (χ4v) is 2.17. The van der Waals surface area contributed by atoms with Crippen LogP contribution in [0, 0.1) is 0 Å². The minimum Gasteiger partial charge on any atom is -0.464 e. The van der Waals surface area contributed by atoms with Gasteiger partial charge < -0.3 is 14.1 Å². The second-order valence-electron chi connectivity index (χ2n) is 5.24. The topological polar surface area (TPSA) is 72.6 Å². The zero-order valence-electron chi connectivity index (χ0n) is 13.8. The molecule has 1 amide bonds. The third-order valence-corrected chi connectivity index (χ3v) is 3.36.